The van der Waals surface area contributed by atoms with E-state index in [1.807, 2.05) is 30.3 Å². The van der Waals surface area contributed by atoms with E-state index in [9.17, 15) is 0 Å². The second-order valence-corrected chi connectivity index (χ2v) is 22.1. The van der Waals surface area contributed by atoms with Gasteiger partial charge in [-0.15, -0.1) is 0 Å². The van der Waals surface area contributed by atoms with Crippen molar-refractivity contribution in [1.82, 2.24) is 0 Å². The molecule has 0 N–H and O–H groups in total. The van der Waals surface area contributed by atoms with Gasteiger partial charge in [0.25, 0.3) is 0 Å². The van der Waals surface area contributed by atoms with Gasteiger partial charge in [-0.1, -0.05) is 313 Å². The largest absolute Gasteiger partial charge is 0.0622 e. The predicted molar refractivity (Wildman–Crippen MR) is 374 cm³/mol. The van der Waals surface area contributed by atoms with Crippen LogP contribution in [0.25, 0.3) is 55.6 Å². The molecule has 0 amide bonds. The van der Waals surface area contributed by atoms with Crippen molar-refractivity contribution in [1.29, 1.82) is 0 Å². The summed E-state index contributed by atoms with van der Waals surface area (Å²) in [5, 5.41) is 0. The molecule has 12 rings (SSSR count). The van der Waals surface area contributed by atoms with E-state index in [2.05, 4.69) is 357 Å². The van der Waals surface area contributed by atoms with Crippen LogP contribution in [0.4, 0.5) is 0 Å². The van der Waals surface area contributed by atoms with Gasteiger partial charge in [-0.05, 0) is 202 Å². The fraction of sp³-hybridized carbons (Fsp3) is 0.153. The molecular weight excluding hydrogens is 1020 g/mol. The molecule has 0 aromatic heterocycles. The highest BCUT2D eigenvalue weighted by Crippen LogP contribution is 2.29. The first-order valence-electron chi connectivity index (χ1n) is 29.7. The third kappa shape index (κ3) is 22.1. The molecule has 12 aromatic rings. The topological polar surface area (TPSA) is 0 Å². The number of aryl methyl sites for hydroxylation is 11. The van der Waals surface area contributed by atoms with Crippen molar-refractivity contribution in [3.8, 4) is 55.6 Å². The predicted octanol–water partition coefficient (Wildman–Crippen LogP) is 24.2. The molecule has 0 aliphatic rings. The molecule has 12 aromatic carbocycles. The number of benzene rings is 12. The standard InChI is InChI=1S/2C19H16.C13H12.C10H14.C9H12.C8H10.C7H8/c1-15-12-18(16-8-4-2-5-9-16)14-19(13-15)17-10-6-3-7-11-17;1-15-7-9-17(10-8-15)19-13-11-18(12-14-19)16-5-3-2-4-6-16;1-11-7-9-13(10-8-11)12-5-3-2-4-6-12;1-7-5-8(2)10(4)9(3)6-7;1-7-5-4-6-8(2)9(7)3;1-7-5-3-4-6-8(7)2;1-7-5-3-2-4-6-7/h2*2-14H,1H3;2-10H,1H3;5-6H,1-4H3;4-6H,1-3H3;3-6H,1-2H3;2-6H,1H3. The lowest BCUT2D eigenvalue weighted by atomic mass is 9.97. The maximum absolute atomic E-state index is 2.26. The Morgan fingerprint density at radius 1 is 0.129 bits per heavy atom. The van der Waals surface area contributed by atoms with E-state index in [0.29, 0.717) is 0 Å². The summed E-state index contributed by atoms with van der Waals surface area (Å²) >= 11 is 0. The van der Waals surface area contributed by atoms with Crippen LogP contribution in [0.3, 0.4) is 0 Å². The normalized spacial score (nSPS) is 9.94. The van der Waals surface area contributed by atoms with Crippen LogP contribution < -0.4 is 0 Å². The van der Waals surface area contributed by atoms with E-state index in [0.717, 1.165) is 0 Å². The van der Waals surface area contributed by atoms with Crippen LogP contribution in [-0.4, -0.2) is 0 Å². The zero-order chi connectivity index (χ0) is 60.9. The zero-order valence-corrected chi connectivity index (χ0v) is 52.8. The summed E-state index contributed by atoms with van der Waals surface area (Å²) in [5.74, 6) is 0. The quantitative estimate of drug-likeness (QED) is 0.161. The van der Waals surface area contributed by atoms with Gasteiger partial charge < -0.3 is 0 Å². The number of hydrogen-bond donors (Lipinski definition) is 0. The first-order chi connectivity index (χ1) is 41.0. The average Bonchev–Trinajstić information content (AvgIpc) is 3.62. The van der Waals surface area contributed by atoms with Crippen molar-refractivity contribution < 1.29 is 0 Å². The van der Waals surface area contributed by atoms with Crippen LogP contribution in [0.2, 0.25) is 0 Å². The van der Waals surface area contributed by atoms with E-state index in [1.165, 1.54) is 128 Å². The van der Waals surface area contributed by atoms with Crippen LogP contribution in [0, 0.1) is 90.0 Å². The summed E-state index contributed by atoms with van der Waals surface area (Å²) in [6.07, 6.45) is 0. The Labute approximate surface area is 512 Å². The van der Waals surface area contributed by atoms with Gasteiger partial charge in [0.1, 0.15) is 0 Å². The molecule has 0 saturated heterocycles. The molecule has 0 spiro atoms. The van der Waals surface area contributed by atoms with Crippen LogP contribution in [0.5, 0.6) is 0 Å². The minimum absolute atomic E-state index is 1.26. The molecule has 0 atom stereocenters. The lowest BCUT2D eigenvalue weighted by Crippen LogP contribution is -1.86. The van der Waals surface area contributed by atoms with Crippen molar-refractivity contribution in [3.63, 3.8) is 0 Å². The van der Waals surface area contributed by atoms with Crippen molar-refractivity contribution in [2.24, 2.45) is 0 Å². The van der Waals surface area contributed by atoms with Crippen LogP contribution in [0.1, 0.15) is 72.3 Å². The van der Waals surface area contributed by atoms with E-state index >= 15 is 0 Å². The Morgan fingerprint density at radius 3 is 0.635 bits per heavy atom. The van der Waals surface area contributed by atoms with Gasteiger partial charge in [0.05, 0.1) is 0 Å². The molecule has 0 heteroatoms. The third-order valence-electron chi connectivity index (χ3n) is 15.1. The molecule has 0 heterocycles. The summed E-state index contributed by atoms with van der Waals surface area (Å²) in [7, 11) is 0. The van der Waals surface area contributed by atoms with Crippen molar-refractivity contribution >= 4 is 0 Å². The van der Waals surface area contributed by atoms with Gasteiger partial charge >= 0.3 is 0 Å². The second-order valence-electron chi connectivity index (χ2n) is 22.1. The van der Waals surface area contributed by atoms with Gasteiger partial charge in [-0.25, -0.2) is 0 Å². The smallest absolute Gasteiger partial charge is 0.0175 e. The van der Waals surface area contributed by atoms with Crippen LogP contribution in [-0.2, 0) is 0 Å². The minimum Gasteiger partial charge on any atom is -0.0622 e. The van der Waals surface area contributed by atoms with Gasteiger partial charge in [0.2, 0.25) is 0 Å². The molecule has 0 radical (unpaired) electrons. The molecule has 0 aliphatic heterocycles. The summed E-state index contributed by atoms with van der Waals surface area (Å²) in [4.78, 5) is 0. The minimum atomic E-state index is 1.26. The van der Waals surface area contributed by atoms with Crippen LogP contribution >= 0.6 is 0 Å². The molecule has 0 unspecified atom stereocenters. The molecule has 0 aliphatic carbocycles. The Morgan fingerprint density at radius 2 is 0.353 bits per heavy atom. The first kappa shape index (κ1) is 64.8. The molecular formula is C85H88. The van der Waals surface area contributed by atoms with Gasteiger partial charge in [0.15, 0.2) is 0 Å². The van der Waals surface area contributed by atoms with E-state index in [-0.39, 0.29) is 0 Å². The molecule has 85 heavy (non-hydrogen) atoms. The van der Waals surface area contributed by atoms with Crippen molar-refractivity contribution in [2.75, 3.05) is 0 Å². The van der Waals surface area contributed by atoms with Gasteiger partial charge in [-0.2, -0.15) is 0 Å². The SMILES string of the molecule is Cc1cc(-c2ccccc2)cc(-c2ccccc2)c1.Cc1cc(C)c(C)c(C)c1.Cc1ccc(-c2ccc(-c3ccccc3)cc2)cc1.Cc1ccc(-c2ccccc2)cc1.Cc1cccc(C)c1C.Cc1ccccc1.Cc1ccccc1C. The summed E-state index contributed by atoms with van der Waals surface area (Å²) in [6.45, 7) is 27.8. The maximum Gasteiger partial charge on any atom is -0.0175 e. The first-order valence-corrected chi connectivity index (χ1v) is 29.7. The molecule has 0 nitrogen and oxygen atoms in total. The Hall–Kier alpha value is -9.36. The molecule has 0 fully saturated rings. The molecule has 428 valence electrons. The third-order valence-corrected chi connectivity index (χ3v) is 15.1. The lowest BCUT2D eigenvalue weighted by molar-refractivity contribution is 1.23. The summed E-state index contributed by atoms with van der Waals surface area (Å²) in [6, 6.07) is 104. The zero-order valence-electron chi connectivity index (χ0n) is 52.8. The molecule has 0 bridgehead atoms. The van der Waals surface area contributed by atoms with E-state index in [1.54, 1.807) is 0 Å². The highest BCUT2D eigenvalue weighted by molar-refractivity contribution is 5.74. The Balaban J connectivity index is 0.000000164. The fourth-order valence-corrected chi connectivity index (χ4v) is 9.33. The molecule has 0 saturated carbocycles. The van der Waals surface area contributed by atoms with E-state index < -0.39 is 0 Å². The van der Waals surface area contributed by atoms with Crippen LogP contribution in [0.15, 0.2) is 297 Å². The second kappa shape index (κ2) is 34.3. The van der Waals surface area contributed by atoms with Gasteiger partial charge in [-0.3, -0.25) is 0 Å². The highest BCUT2D eigenvalue weighted by atomic mass is 14.1. The summed E-state index contributed by atoms with van der Waals surface area (Å²) < 4.78 is 0. The monoisotopic (exact) mass is 1110 g/mol. The lowest BCUT2D eigenvalue weighted by Gasteiger charge is -2.08. The Kier molecular flexibility index (Phi) is 26.1. The number of hydrogen-bond acceptors (Lipinski definition) is 0. The average molecular weight is 1110 g/mol. The highest BCUT2D eigenvalue weighted by Gasteiger charge is 2.04. The van der Waals surface area contributed by atoms with E-state index in [4.69, 9.17) is 0 Å². The van der Waals surface area contributed by atoms with Crippen molar-refractivity contribution in [3.05, 3.63) is 370 Å². The fourth-order valence-electron chi connectivity index (χ4n) is 9.33. The number of rotatable bonds is 5. The van der Waals surface area contributed by atoms with Crippen molar-refractivity contribution in [2.45, 2.75) is 90.0 Å². The van der Waals surface area contributed by atoms with Gasteiger partial charge in [0, 0.05) is 0 Å². The summed E-state index contributed by atoms with van der Waals surface area (Å²) in [5.41, 5.74) is 30.4. The maximum atomic E-state index is 2.26. The Bertz CT molecular complexity index is 3700.